The maximum atomic E-state index is 12.2. The summed E-state index contributed by atoms with van der Waals surface area (Å²) in [7, 11) is 1.72. The lowest BCUT2D eigenvalue weighted by Crippen LogP contribution is -2.55. The van der Waals surface area contributed by atoms with E-state index in [2.05, 4.69) is 22.0 Å². The zero-order chi connectivity index (χ0) is 15.2. The number of piperazine rings is 1. The molecule has 0 aromatic heterocycles. The Bertz CT molecular complexity index is 377. The quantitative estimate of drug-likeness (QED) is 0.721. The van der Waals surface area contributed by atoms with Gasteiger partial charge in [0.15, 0.2) is 0 Å². The predicted octanol–water partition coefficient (Wildman–Crippen LogP) is -0.419. The molecule has 1 atom stereocenters. The van der Waals surface area contributed by atoms with Crippen molar-refractivity contribution >= 4 is 11.9 Å². The van der Waals surface area contributed by atoms with Crippen molar-refractivity contribution in [2.45, 2.75) is 19.4 Å². The molecule has 1 N–H and O–H groups in total. The largest absolute Gasteiger partial charge is 0.383 e. The van der Waals surface area contributed by atoms with Gasteiger partial charge in [0, 0.05) is 52.4 Å². The highest BCUT2D eigenvalue weighted by atomic mass is 16.5. The van der Waals surface area contributed by atoms with Crippen molar-refractivity contribution in [1.29, 1.82) is 0 Å². The first-order valence-electron chi connectivity index (χ1n) is 7.69. The van der Waals surface area contributed by atoms with Gasteiger partial charge in [0.05, 0.1) is 13.2 Å². The van der Waals surface area contributed by atoms with E-state index < -0.39 is 0 Å². The highest BCUT2D eigenvalue weighted by Crippen LogP contribution is 2.13. The van der Waals surface area contributed by atoms with Crippen LogP contribution < -0.4 is 5.32 Å². The van der Waals surface area contributed by atoms with E-state index in [0.29, 0.717) is 25.7 Å². The maximum Gasteiger partial charge on any atom is 0.324 e. The summed E-state index contributed by atoms with van der Waals surface area (Å²) < 4.78 is 5.15. The van der Waals surface area contributed by atoms with Crippen LogP contribution in [0.15, 0.2) is 0 Å². The molecular weight excluding hydrogens is 272 g/mol. The fourth-order valence-electron chi connectivity index (χ4n) is 2.98. The Balaban J connectivity index is 1.82. The van der Waals surface area contributed by atoms with Crippen molar-refractivity contribution in [3.8, 4) is 0 Å². The van der Waals surface area contributed by atoms with Crippen LogP contribution in [0.5, 0.6) is 0 Å². The molecule has 2 rings (SSSR count). The van der Waals surface area contributed by atoms with Crippen LogP contribution in [0.4, 0.5) is 4.79 Å². The number of carbonyl (C=O) groups excluding carboxylic acids is 2. The molecule has 0 aromatic rings. The monoisotopic (exact) mass is 298 g/mol. The summed E-state index contributed by atoms with van der Waals surface area (Å²) in [6, 6.07) is 0.194. The molecule has 2 saturated heterocycles. The van der Waals surface area contributed by atoms with Crippen LogP contribution in [-0.4, -0.2) is 92.2 Å². The second-order valence-electron chi connectivity index (χ2n) is 5.60. The summed E-state index contributed by atoms with van der Waals surface area (Å²) in [5.41, 5.74) is 0. The van der Waals surface area contributed by atoms with Gasteiger partial charge in [-0.3, -0.25) is 19.5 Å². The molecule has 7 nitrogen and oxygen atoms in total. The fourth-order valence-corrected chi connectivity index (χ4v) is 2.98. The first-order valence-corrected chi connectivity index (χ1v) is 7.69. The van der Waals surface area contributed by atoms with Gasteiger partial charge in [0.25, 0.3) is 0 Å². The number of ether oxygens (including phenoxy) is 1. The summed E-state index contributed by atoms with van der Waals surface area (Å²) in [5, 5.41) is 2.66. The Hall–Kier alpha value is -1.18. The molecule has 21 heavy (non-hydrogen) atoms. The standard InChI is InChI=1S/C14H26N4O3/c1-3-12-10-16(6-7-17(12)8-9-21-2)11-13(19)18-5-4-15-14(18)20/h12H,3-11H2,1-2H3,(H,15,20)/t12-/m0/s1. The Labute approximate surface area is 126 Å². The number of rotatable bonds is 6. The van der Waals surface area contributed by atoms with Crippen molar-refractivity contribution < 1.29 is 14.3 Å². The molecule has 0 aliphatic carbocycles. The summed E-state index contributed by atoms with van der Waals surface area (Å²) >= 11 is 0. The number of imide groups is 1. The van der Waals surface area contributed by atoms with Crippen LogP contribution in [0.3, 0.4) is 0 Å². The zero-order valence-electron chi connectivity index (χ0n) is 13.0. The Morgan fingerprint density at radius 2 is 2.19 bits per heavy atom. The van der Waals surface area contributed by atoms with Gasteiger partial charge in [-0.2, -0.15) is 0 Å². The van der Waals surface area contributed by atoms with E-state index in [1.54, 1.807) is 7.11 Å². The van der Waals surface area contributed by atoms with E-state index in [4.69, 9.17) is 4.74 Å². The number of nitrogens with zero attached hydrogens (tertiary/aromatic N) is 3. The molecular formula is C14H26N4O3. The third-order valence-corrected chi connectivity index (χ3v) is 4.26. The number of carbonyl (C=O) groups is 2. The van der Waals surface area contributed by atoms with Crippen LogP contribution >= 0.6 is 0 Å². The first kappa shape index (κ1) is 16.2. The first-order chi connectivity index (χ1) is 10.2. The number of urea groups is 1. The normalized spacial score (nSPS) is 24.4. The third kappa shape index (κ3) is 4.15. The highest BCUT2D eigenvalue weighted by molar-refractivity contribution is 5.96. The number of hydrogen-bond donors (Lipinski definition) is 1. The molecule has 2 aliphatic heterocycles. The van der Waals surface area contributed by atoms with Gasteiger partial charge in [-0.15, -0.1) is 0 Å². The lowest BCUT2D eigenvalue weighted by molar-refractivity contribution is -0.129. The molecule has 2 aliphatic rings. The molecule has 0 unspecified atom stereocenters. The lowest BCUT2D eigenvalue weighted by atomic mass is 10.1. The Morgan fingerprint density at radius 3 is 2.81 bits per heavy atom. The van der Waals surface area contributed by atoms with Crippen LogP contribution in [0.2, 0.25) is 0 Å². The molecule has 2 fully saturated rings. The average Bonchev–Trinajstić information content (AvgIpc) is 2.92. The molecule has 120 valence electrons. The second kappa shape index (κ2) is 7.72. The minimum atomic E-state index is -0.259. The van der Waals surface area contributed by atoms with E-state index in [1.807, 2.05) is 0 Å². The van der Waals surface area contributed by atoms with E-state index in [1.165, 1.54) is 4.90 Å². The van der Waals surface area contributed by atoms with Gasteiger partial charge in [-0.25, -0.2) is 4.79 Å². The summed E-state index contributed by atoms with van der Waals surface area (Å²) in [6.45, 7) is 7.92. The Morgan fingerprint density at radius 1 is 1.38 bits per heavy atom. The lowest BCUT2D eigenvalue weighted by Gasteiger charge is -2.41. The third-order valence-electron chi connectivity index (χ3n) is 4.26. The molecule has 0 bridgehead atoms. The molecule has 0 spiro atoms. The van der Waals surface area contributed by atoms with E-state index in [-0.39, 0.29) is 11.9 Å². The number of methoxy groups -OCH3 is 1. The predicted molar refractivity (Wildman–Crippen MR) is 79.1 cm³/mol. The van der Waals surface area contributed by atoms with E-state index in [0.717, 1.165) is 39.2 Å². The van der Waals surface area contributed by atoms with Gasteiger partial charge in [-0.05, 0) is 6.42 Å². The number of hydrogen-bond acceptors (Lipinski definition) is 5. The topological polar surface area (TPSA) is 65.1 Å². The van der Waals surface area contributed by atoms with Gasteiger partial charge in [0.1, 0.15) is 0 Å². The summed E-state index contributed by atoms with van der Waals surface area (Å²) in [6.07, 6.45) is 1.05. The highest BCUT2D eigenvalue weighted by Gasteiger charge is 2.30. The zero-order valence-corrected chi connectivity index (χ0v) is 13.0. The van der Waals surface area contributed by atoms with Gasteiger partial charge >= 0.3 is 6.03 Å². The van der Waals surface area contributed by atoms with E-state index in [9.17, 15) is 9.59 Å². The maximum absolute atomic E-state index is 12.2. The van der Waals surface area contributed by atoms with E-state index >= 15 is 0 Å². The minimum Gasteiger partial charge on any atom is -0.383 e. The van der Waals surface area contributed by atoms with Crippen LogP contribution in [-0.2, 0) is 9.53 Å². The van der Waals surface area contributed by atoms with Crippen molar-refractivity contribution in [2.75, 3.05) is 59.5 Å². The fraction of sp³-hybridized carbons (Fsp3) is 0.857. The van der Waals surface area contributed by atoms with Gasteiger partial charge < -0.3 is 10.1 Å². The number of nitrogens with one attached hydrogen (secondary N) is 1. The minimum absolute atomic E-state index is 0.0924. The van der Waals surface area contributed by atoms with Gasteiger partial charge in [0.2, 0.25) is 5.91 Å². The van der Waals surface area contributed by atoms with Crippen molar-refractivity contribution in [2.24, 2.45) is 0 Å². The summed E-state index contributed by atoms with van der Waals surface area (Å²) in [5.74, 6) is -0.0924. The van der Waals surface area contributed by atoms with Crippen LogP contribution in [0.25, 0.3) is 0 Å². The van der Waals surface area contributed by atoms with Crippen LogP contribution in [0.1, 0.15) is 13.3 Å². The number of amides is 3. The van der Waals surface area contributed by atoms with Crippen molar-refractivity contribution in [3.05, 3.63) is 0 Å². The van der Waals surface area contributed by atoms with Crippen LogP contribution in [0, 0.1) is 0 Å². The van der Waals surface area contributed by atoms with Crippen molar-refractivity contribution in [1.82, 2.24) is 20.0 Å². The molecule has 0 aromatic carbocycles. The molecule has 0 radical (unpaired) electrons. The molecule has 2 heterocycles. The van der Waals surface area contributed by atoms with Crippen molar-refractivity contribution in [3.63, 3.8) is 0 Å². The molecule has 0 saturated carbocycles. The smallest absolute Gasteiger partial charge is 0.324 e. The average molecular weight is 298 g/mol. The Kier molecular flexibility index (Phi) is 5.96. The molecule has 7 heteroatoms. The van der Waals surface area contributed by atoms with Gasteiger partial charge in [-0.1, -0.05) is 6.92 Å². The second-order valence-corrected chi connectivity index (χ2v) is 5.60. The SMILES string of the molecule is CC[C@H]1CN(CC(=O)N2CCNC2=O)CCN1CCOC. The summed E-state index contributed by atoms with van der Waals surface area (Å²) in [4.78, 5) is 29.6. The molecule has 3 amide bonds.